The maximum Gasteiger partial charge on any atom is 0.122 e. The highest BCUT2D eigenvalue weighted by molar-refractivity contribution is 5.93. The molecular weight excluding hydrogens is 462 g/mol. The molecule has 1 aliphatic carbocycles. The molecule has 3 nitrogen and oxygen atoms in total. The van der Waals surface area contributed by atoms with Crippen LogP contribution in [0.25, 0.3) is 0 Å². The Morgan fingerprint density at radius 2 is 1.53 bits per heavy atom. The van der Waals surface area contributed by atoms with Crippen molar-refractivity contribution in [3.8, 4) is 0 Å². The van der Waals surface area contributed by atoms with E-state index in [1.807, 2.05) is 6.20 Å². The van der Waals surface area contributed by atoms with Gasteiger partial charge < -0.3 is 15.1 Å². The number of hydrogen-bond donors (Lipinski definition) is 1. The summed E-state index contributed by atoms with van der Waals surface area (Å²) < 4.78 is 0. The van der Waals surface area contributed by atoms with E-state index in [-0.39, 0.29) is 17.0 Å². The Balaban J connectivity index is 1.45. The van der Waals surface area contributed by atoms with Gasteiger partial charge in [-0.15, -0.1) is 0 Å². The minimum atomic E-state index is -0.141. The number of nitrogens with zero attached hydrogens (tertiary/aromatic N) is 2. The van der Waals surface area contributed by atoms with E-state index in [0.29, 0.717) is 0 Å². The van der Waals surface area contributed by atoms with Crippen LogP contribution < -0.4 is 15.1 Å². The molecule has 3 aliphatic heterocycles. The number of rotatable bonds is 3. The van der Waals surface area contributed by atoms with Crippen molar-refractivity contribution in [2.75, 3.05) is 9.80 Å². The first-order valence-electron chi connectivity index (χ1n) is 13.8. The van der Waals surface area contributed by atoms with Gasteiger partial charge in [0.05, 0.1) is 17.1 Å². The van der Waals surface area contributed by atoms with E-state index in [0.717, 1.165) is 12.8 Å². The molecule has 0 radical (unpaired) electrons. The summed E-state index contributed by atoms with van der Waals surface area (Å²) in [5, 5.41) is 3.57. The lowest BCUT2D eigenvalue weighted by Crippen LogP contribution is -2.43. The van der Waals surface area contributed by atoms with Crippen LogP contribution in [0, 0.1) is 0 Å². The van der Waals surface area contributed by atoms with Crippen LogP contribution in [0.3, 0.4) is 0 Å². The normalized spacial score (nSPS) is 21.1. The summed E-state index contributed by atoms with van der Waals surface area (Å²) in [6, 6.07) is 23.0. The third-order valence-electron chi connectivity index (χ3n) is 8.94. The predicted molar refractivity (Wildman–Crippen MR) is 160 cm³/mol. The highest BCUT2D eigenvalue weighted by Gasteiger charge is 2.45. The average Bonchev–Trinajstić information content (AvgIpc) is 2.94. The number of dihydropyridines is 1. The van der Waals surface area contributed by atoms with Gasteiger partial charge in [0.25, 0.3) is 0 Å². The van der Waals surface area contributed by atoms with Crippen molar-refractivity contribution < 1.29 is 0 Å². The second-order valence-electron chi connectivity index (χ2n) is 11.9. The minimum absolute atomic E-state index is 0.0593. The van der Waals surface area contributed by atoms with Crippen LogP contribution in [-0.2, 0) is 10.8 Å². The standard InChI is InChI=1S/C35H35N3/c1-34(2)26-15-8-9-18-30(26)38-31-21-20-25(23-29(31)35(3,4)28-17-12-16-27(34)33(28)38)37(24-13-6-5-7-14-24)32-19-10-11-22-36-32/h5-6,8-13,15-23,32,36H,7,14H2,1-4H3. The van der Waals surface area contributed by atoms with Gasteiger partial charge in [-0.3, -0.25) is 0 Å². The van der Waals surface area contributed by atoms with Gasteiger partial charge in [0.15, 0.2) is 0 Å². The minimum Gasteiger partial charge on any atom is -0.368 e. The van der Waals surface area contributed by atoms with E-state index in [1.165, 1.54) is 50.7 Å². The van der Waals surface area contributed by atoms with E-state index >= 15 is 0 Å². The van der Waals surface area contributed by atoms with Crippen LogP contribution in [0.2, 0.25) is 0 Å². The van der Waals surface area contributed by atoms with Crippen LogP contribution in [0.15, 0.2) is 109 Å². The topological polar surface area (TPSA) is 18.5 Å². The van der Waals surface area contributed by atoms with Gasteiger partial charge in [0, 0.05) is 22.2 Å². The SMILES string of the molecule is CC1(C)c2ccccc2N2c3ccc(N(C4=CC=CCC4)C4C=CC=CN4)cc3C(C)(C)c3cccc1c32. The summed E-state index contributed by atoms with van der Waals surface area (Å²) in [6.07, 6.45) is 17.4. The molecule has 1 atom stereocenters. The summed E-state index contributed by atoms with van der Waals surface area (Å²) in [5.41, 5.74) is 11.8. The van der Waals surface area contributed by atoms with Gasteiger partial charge in [0.1, 0.15) is 6.17 Å². The number of para-hydroxylation sites is 2. The molecule has 0 spiro atoms. The third-order valence-corrected chi connectivity index (χ3v) is 8.94. The van der Waals surface area contributed by atoms with Gasteiger partial charge >= 0.3 is 0 Å². The lowest BCUT2D eigenvalue weighted by molar-refractivity contribution is 0.596. The molecule has 3 heterocycles. The summed E-state index contributed by atoms with van der Waals surface area (Å²) in [5.74, 6) is 0. The van der Waals surface area contributed by atoms with Gasteiger partial charge in [-0.25, -0.2) is 0 Å². The number of fused-ring (bicyclic) bond motifs is 4. The molecule has 3 heteroatoms. The van der Waals surface area contributed by atoms with Crippen molar-refractivity contribution in [1.29, 1.82) is 0 Å². The van der Waals surface area contributed by atoms with Gasteiger partial charge in [-0.05, 0) is 83.8 Å². The maximum absolute atomic E-state index is 3.57. The van der Waals surface area contributed by atoms with Gasteiger partial charge in [-0.1, -0.05) is 82.3 Å². The van der Waals surface area contributed by atoms with E-state index in [2.05, 4.69) is 140 Å². The van der Waals surface area contributed by atoms with Crippen LogP contribution in [0.5, 0.6) is 0 Å². The second-order valence-corrected chi connectivity index (χ2v) is 11.9. The summed E-state index contributed by atoms with van der Waals surface area (Å²) in [6.45, 7) is 9.52. The van der Waals surface area contributed by atoms with Crippen molar-refractivity contribution >= 4 is 22.7 Å². The molecule has 1 N–H and O–H groups in total. The Morgan fingerprint density at radius 1 is 0.789 bits per heavy atom. The molecule has 0 amide bonds. The van der Waals surface area contributed by atoms with E-state index < -0.39 is 0 Å². The lowest BCUT2D eigenvalue weighted by Gasteiger charge is -2.49. The first-order chi connectivity index (χ1) is 18.4. The van der Waals surface area contributed by atoms with E-state index in [1.54, 1.807) is 0 Å². The average molecular weight is 498 g/mol. The Bertz CT molecular complexity index is 1570. The fourth-order valence-corrected chi connectivity index (χ4v) is 6.91. The lowest BCUT2D eigenvalue weighted by atomic mass is 9.66. The molecular formula is C35H35N3. The Morgan fingerprint density at radius 3 is 2.26 bits per heavy atom. The third kappa shape index (κ3) is 3.21. The second kappa shape index (κ2) is 8.26. The fraction of sp³-hybridized carbons (Fsp3) is 0.257. The molecule has 0 fully saturated rings. The van der Waals surface area contributed by atoms with Crippen molar-refractivity contribution in [1.82, 2.24) is 5.32 Å². The van der Waals surface area contributed by atoms with E-state index in [4.69, 9.17) is 0 Å². The molecule has 38 heavy (non-hydrogen) atoms. The number of nitrogens with one attached hydrogen (secondary N) is 1. The monoisotopic (exact) mass is 497 g/mol. The molecule has 190 valence electrons. The zero-order valence-corrected chi connectivity index (χ0v) is 22.7. The number of hydrogen-bond acceptors (Lipinski definition) is 3. The summed E-state index contributed by atoms with van der Waals surface area (Å²) in [4.78, 5) is 5.00. The fourth-order valence-electron chi connectivity index (χ4n) is 6.91. The Hall–Kier alpha value is -3.98. The van der Waals surface area contributed by atoms with Gasteiger partial charge in [-0.2, -0.15) is 0 Å². The Labute approximate surface area is 226 Å². The molecule has 0 saturated heterocycles. The van der Waals surface area contributed by atoms with Crippen molar-refractivity contribution in [2.45, 2.75) is 57.5 Å². The molecule has 7 rings (SSSR count). The van der Waals surface area contributed by atoms with Crippen LogP contribution >= 0.6 is 0 Å². The molecule has 4 aliphatic rings. The molecule has 0 saturated carbocycles. The Kier molecular flexibility index (Phi) is 5.03. The zero-order chi connectivity index (χ0) is 26.1. The maximum atomic E-state index is 3.57. The van der Waals surface area contributed by atoms with Gasteiger partial charge in [0.2, 0.25) is 0 Å². The number of benzene rings is 3. The molecule has 3 aromatic carbocycles. The number of allylic oxidation sites excluding steroid dienone is 6. The van der Waals surface area contributed by atoms with Crippen LogP contribution in [0.1, 0.15) is 62.8 Å². The highest BCUT2D eigenvalue weighted by atomic mass is 15.3. The number of anilines is 4. The highest BCUT2D eigenvalue weighted by Crippen LogP contribution is 2.60. The quantitative estimate of drug-likeness (QED) is 0.391. The first-order valence-corrected chi connectivity index (χ1v) is 13.8. The molecule has 3 aromatic rings. The smallest absolute Gasteiger partial charge is 0.122 e. The first kappa shape index (κ1) is 23.2. The van der Waals surface area contributed by atoms with Crippen LogP contribution in [0.4, 0.5) is 22.7 Å². The van der Waals surface area contributed by atoms with Crippen molar-refractivity contribution in [2.24, 2.45) is 0 Å². The summed E-state index contributed by atoms with van der Waals surface area (Å²) in [7, 11) is 0. The zero-order valence-electron chi connectivity index (χ0n) is 22.7. The summed E-state index contributed by atoms with van der Waals surface area (Å²) >= 11 is 0. The predicted octanol–water partition coefficient (Wildman–Crippen LogP) is 8.47. The van der Waals surface area contributed by atoms with Crippen LogP contribution in [-0.4, -0.2) is 6.17 Å². The van der Waals surface area contributed by atoms with Crippen molar-refractivity contribution in [3.63, 3.8) is 0 Å². The largest absolute Gasteiger partial charge is 0.368 e. The molecule has 0 aromatic heterocycles. The molecule has 1 unspecified atom stereocenters. The van der Waals surface area contributed by atoms with E-state index in [9.17, 15) is 0 Å². The molecule has 0 bridgehead atoms. The van der Waals surface area contributed by atoms with Crippen molar-refractivity contribution in [3.05, 3.63) is 131 Å².